The molecule has 0 spiro atoms. The molecule has 1 aromatic rings. The molecule has 0 unspecified atom stereocenters. The number of benzene rings is 1. The Morgan fingerprint density at radius 1 is 1.33 bits per heavy atom. The van der Waals surface area contributed by atoms with E-state index in [0.29, 0.717) is 5.75 Å². The molecule has 0 aliphatic rings. The van der Waals surface area contributed by atoms with Crippen LogP contribution in [-0.2, 0) is 0 Å². The summed E-state index contributed by atoms with van der Waals surface area (Å²) in [6.45, 7) is 7.25. The zero-order valence-electron chi connectivity index (χ0n) is 8.49. The summed E-state index contributed by atoms with van der Waals surface area (Å²) in [5.74, 6) is -0.700. The molecule has 0 fully saturated rings. The second kappa shape index (κ2) is 4.46. The predicted molar refractivity (Wildman–Crippen MR) is 60.1 cm³/mol. The Labute approximate surface area is 88.3 Å². The van der Waals surface area contributed by atoms with Gasteiger partial charge in [0.2, 0.25) is 0 Å². The van der Waals surface area contributed by atoms with E-state index < -0.39 is 5.97 Å². The normalized spacial score (nSPS) is 9.40. The van der Waals surface area contributed by atoms with Crippen LogP contribution in [0.5, 0.6) is 5.75 Å². The molecule has 3 nitrogen and oxygen atoms in total. The van der Waals surface area contributed by atoms with Crippen LogP contribution in [-0.4, -0.2) is 18.2 Å². The molecule has 0 amide bonds. The highest BCUT2D eigenvalue weighted by atomic mass is 16.5. The van der Waals surface area contributed by atoms with Crippen molar-refractivity contribution in [2.75, 3.05) is 7.11 Å². The lowest BCUT2D eigenvalue weighted by Gasteiger charge is -2.08. The third-order valence-corrected chi connectivity index (χ3v) is 2.08. The van der Waals surface area contributed by atoms with Crippen LogP contribution >= 0.6 is 0 Å². The fourth-order valence-corrected chi connectivity index (χ4v) is 1.30. The summed E-state index contributed by atoms with van der Waals surface area (Å²) in [7, 11) is 1.43. The van der Waals surface area contributed by atoms with E-state index in [0.717, 1.165) is 11.1 Å². The van der Waals surface area contributed by atoms with Crippen molar-refractivity contribution in [3.05, 3.63) is 42.0 Å². The molecule has 1 aromatic carbocycles. The minimum atomic E-state index is -1.02. The number of aromatic carboxylic acids is 1. The number of carbonyl (C=O) groups is 1. The minimum absolute atomic E-state index is 0.123. The molecule has 0 saturated carbocycles. The summed E-state index contributed by atoms with van der Waals surface area (Å²) in [5.41, 5.74) is 1.65. The fraction of sp³-hybridized carbons (Fsp3) is 0.0833. The number of carboxylic acids is 1. The van der Waals surface area contributed by atoms with Crippen molar-refractivity contribution in [3.8, 4) is 5.75 Å². The van der Waals surface area contributed by atoms with Crippen LogP contribution in [0.1, 0.15) is 21.5 Å². The van der Waals surface area contributed by atoms with Gasteiger partial charge in [-0.3, -0.25) is 0 Å². The van der Waals surface area contributed by atoms with Crippen LogP contribution in [0, 0.1) is 0 Å². The van der Waals surface area contributed by atoms with Gasteiger partial charge in [-0.25, -0.2) is 4.79 Å². The first-order valence-corrected chi connectivity index (χ1v) is 4.34. The van der Waals surface area contributed by atoms with E-state index in [2.05, 4.69) is 13.2 Å². The van der Waals surface area contributed by atoms with Crippen LogP contribution in [0.25, 0.3) is 12.2 Å². The van der Waals surface area contributed by atoms with E-state index in [-0.39, 0.29) is 5.56 Å². The molecule has 0 saturated heterocycles. The van der Waals surface area contributed by atoms with Crippen LogP contribution in [0.4, 0.5) is 0 Å². The highest BCUT2D eigenvalue weighted by molar-refractivity contribution is 5.92. The van der Waals surface area contributed by atoms with E-state index >= 15 is 0 Å². The largest absolute Gasteiger partial charge is 0.496 e. The van der Waals surface area contributed by atoms with Gasteiger partial charge in [0, 0.05) is 0 Å². The smallest absolute Gasteiger partial charge is 0.339 e. The molecule has 1 N–H and O–H groups in total. The maximum atomic E-state index is 10.9. The first-order valence-electron chi connectivity index (χ1n) is 4.34. The molecule has 0 aliphatic carbocycles. The number of hydrogen-bond donors (Lipinski definition) is 1. The molecule has 0 aliphatic heterocycles. The maximum absolute atomic E-state index is 10.9. The number of hydrogen-bond acceptors (Lipinski definition) is 2. The van der Waals surface area contributed by atoms with Crippen LogP contribution < -0.4 is 4.74 Å². The van der Waals surface area contributed by atoms with Crippen LogP contribution in [0.15, 0.2) is 25.3 Å². The van der Waals surface area contributed by atoms with E-state index in [4.69, 9.17) is 9.84 Å². The van der Waals surface area contributed by atoms with Gasteiger partial charge in [-0.05, 0) is 23.3 Å². The Hall–Kier alpha value is -2.03. The van der Waals surface area contributed by atoms with E-state index in [1.54, 1.807) is 18.2 Å². The van der Waals surface area contributed by atoms with Crippen LogP contribution in [0.2, 0.25) is 0 Å². The Morgan fingerprint density at radius 2 is 1.87 bits per heavy atom. The van der Waals surface area contributed by atoms with Crippen molar-refractivity contribution in [1.82, 2.24) is 0 Å². The Morgan fingerprint density at radius 3 is 2.27 bits per heavy atom. The Bertz CT molecular complexity index is 419. The van der Waals surface area contributed by atoms with Gasteiger partial charge in [0.05, 0.1) is 7.11 Å². The van der Waals surface area contributed by atoms with E-state index in [9.17, 15) is 4.79 Å². The second-order valence-electron chi connectivity index (χ2n) is 2.89. The predicted octanol–water partition coefficient (Wildman–Crippen LogP) is 2.68. The molecule has 0 bridgehead atoms. The van der Waals surface area contributed by atoms with Crippen molar-refractivity contribution < 1.29 is 14.6 Å². The lowest BCUT2D eigenvalue weighted by atomic mass is 10.0. The summed E-state index contributed by atoms with van der Waals surface area (Å²) in [5, 5.41) is 8.94. The first kappa shape index (κ1) is 11.0. The number of methoxy groups -OCH3 is 1. The Balaban J connectivity index is 3.47. The molecule has 0 atom stereocenters. The number of rotatable bonds is 4. The van der Waals surface area contributed by atoms with Crippen molar-refractivity contribution >= 4 is 18.1 Å². The van der Waals surface area contributed by atoms with Gasteiger partial charge < -0.3 is 9.84 Å². The zero-order chi connectivity index (χ0) is 11.4. The topological polar surface area (TPSA) is 46.5 Å². The second-order valence-corrected chi connectivity index (χ2v) is 2.89. The van der Waals surface area contributed by atoms with E-state index in [1.165, 1.54) is 13.2 Å². The molecule has 15 heavy (non-hydrogen) atoms. The first-order chi connectivity index (χ1) is 7.13. The van der Waals surface area contributed by atoms with Crippen molar-refractivity contribution in [1.29, 1.82) is 0 Å². The average molecular weight is 204 g/mol. The molecule has 1 rings (SSSR count). The molecule has 0 heterocycles. The quantitative estimate of drug-likeness (QED) is 0.820. The van der Waals surface area contributed by atoms with Gasteiger partial charge in [0.15, 0.2) is 0 Å². The maximum Gasteiger partial charge on any atom is 0.339 e. The minimum Gasteiger partial charge on any atom is -0.496 e. The number of carboxylic acid groups (broad SMARTS) is 1. The van der Waals surface area contributed by atoms with Crippen molar-refractivity contribution in [2.24, 2.45) is 0 Å². The lowest BCUT2D eigenvalue weighted by molar-refractivity contribution is 0.0693. The van der Waals surface area contributed by atoms with Gasteiger partial charge in [0.1, 0.15) is 11.3 Å². The van der Waals surface area contributed by atoms with Gasteiger partial charge in [-0.15, -0.1) is 0 Å². The monoisotopic (exact) mass is 204 g/mol. The summed E-state index contributed by atoms with van der Waals surface area (Å²) < 4.78 is 4.99. The highest BCUT2D eigenvalue weighted by Crippen LogP contribution is 2.25. The molecule has 78 valence electrons. The Kier molecular flexibility index (Phi) is 3.29. The molecule has 0 radical (unpaired) electrons. The van der Waals surface area contributed by atoms with Crippen LogP contribution in [0.3, 0.4) is 0 Å². The summed E-state index contributed by atoms with van der Waals surface area (Å²) in [4.78, 5) is 10.9. The standard InChI is InChI=1S/C12H12O3/c1-4-8-6-10(12(13)14)11(15-3)7-9(8)5-2/h4-7H,1-2H2,3H3,(H,13,14). The zero-order valence-corrected chi connectivity index (χ0v) is 8.49. The summed E-state index contributed by atoms with van der Waals surface area (Å²) in [6, 6.07) is 3.15. The summed E-state index contributed by atoms with van der Waals surface area (Å²) >= 11 is 0. The van der Waals surface area contributed by atoms with Crippen molar-refractivity contribution in [2.45, 2.75) is 0 Å². The average Bonchev–Trinajstić information content (AvgIpc) is 2.26. The molecule has 3 heteroatoms. The molecular formula is C12H12O3. The number of ether oxygens (including phenoxy) is 1. The van der Waals surface area contributed by atoms with Gasteiger partial charge in [0.25, 0.3) is 0 Å². The third-order valence-electron chi connectivity index (χ3n) is 2.08. The van der Waals surface area contributed by atoms with Gasteiger partial charge >= 0.3 is 5.97 Å². The lowest BCUT2D eigenvalue weighted by Crippen LogP contribution is -2.01. The SMILES string of the molecule is C=Cc1cc(OC)c(C(=O)O)cc1C=C. The highest BCUT2D eigenvalue weighted by Gasteiger charge is 2.12. The molecule has 0 aromatic heterocycles. The van der Waals surface area contributed by atoms with Gasteiger partial charge in [-0.2, -0.15) is 0 Å². The summed E-state index contributed by atoms with van der Waals surface area (Å²) in [6.07, 6.45) is 3.22. The fourth-order valence-electron chi connectivity index (χ4n) is 1.30. The van der Waals surface area contributed by atoms with E-state index in [1.807, 2.05) is 0 Å². The molecular weight excluding hydrogens is 192 g/mol. The van der Waals surface area contributed by atoms with Gasteiger partial charge in [-0.1, -0.05) is 25.3 Å². The third kappa shape index (κ3) is 2.07. The van der Waals surface area contributed by atoms with Crippen molar-refractivity contribution in [3.63, 3.8) is 0 Å².